The summed E-state index contributed by atoms with van der Waals surface area (Å²) in [6.07, 6.45) is 6.32. The number of rotatable bonds is 3. The fraction of sp³-hybridized carbons (Fsp3) is 0.667. The van der Waals surface area contributed by atoms with Gasteiger partial charge in [0.05, 0.1) is 23.4 Å². The second-order valence-electron chi connectivity index (χ2n) is 8.80. The van der Waals surface area contributed by atoms with Gasteiger partial charge in [-0.2, -0.15) is 0 Å². The number of aliphatic hydroxyl groups excluding tert-OH is 1. The molecule has 1 aliphatic carbocycles. The van der Waals surface area contributed by atoms with Crippen LogP contribution in [0, 0.1) is 12.3 Å². The van der Waals surface area contributed by atoms with E-state index in [1.165, 1.54) is 0 Å². The molecular weight excluding hydrogens is 372 g/mol. The molecule has 0 aromatic carbocycles. The number of carbonyl (C=O) groups excluding carboxylic acids is 1. The predicted molar refractivity (Wildman–Crippen MR) is 109 cm³/mol. The molecule has 29 heavy (non-hydrogen) atoms. The standard InChI is InChI=1S/C21H30N4O4/c1-14-11-18(22-12-17(14)23-20(28)29)24-9-2-7-21(13-24)8-10-25(19(21)27)15-3-5-16(26)6-4-15/h11-12,15-16,23,26H,2-10,13H2,1H3,(H,28,29)/t15-,16-,21-/m0/s1. The van der Waals surface area contributed by atoms with Crippen LogP contribution in [0.15, 0.2) is 12.3 Å². The Balaban J connectivity index is 1.47. The minimum atomic E-state index is -1.11. The van der Waals surface area contributed by atoms with E-state index >= 15 is 0 Å². The molecule has 4 rings (SSSR count). The molecule has 1 saturated carbocycles. The number of carbonyl (C=O) groups is 2. The maximum absolute atomic E-state index is 13.4. The summed E-state index contributed by atoms with van der Waals surface area (Å²) < 4.78 is 0. The molecule has 0 bridgehead atoms. The minimum absolute atomic E-state index is 0.212. The second-order valence-corrected chi connectivity index (χ2v) is 8.80. The summed E-state index contributed by atoms with van der Waals surface area (Å²) in [5, 5.41) is 21.1. The molecule has 2 aliphatic heterocycles. The maximum Gasteiger partial charge on any atom is 0.409 e. The predicted octanol–water partition coefficient (Wildman–Crippen LogP) is 2.60. The van der Waals surface area contributed by atoms with E-state index in [4.69, 9.17) is 5.11 Å². The fourth-order valence-corrected chi connectivity index (χ4v) is 5.23. The third-order valence-electron chi connectivity index (χ3n) is 6.89. The van der Waals surface area contributed by atoms with E-state index in [0.29, 0.717) is 12.2 Å². The number of hydrogen-bond donors (Lipinski definition) is 3. The van der Waals surface area contributed by atoms with Crippen molar-refractivity contribution in [3.63, 3.8) is 0 Å². The van der Waals surface area contributed by atoms with Crippen molar-refractivity contribution < 1.29 is 19.8 Å². The van der Waals surface area contributed by atoms with E-state index in [1.54, 1.807) is 6.20 Å². The van der Waals surface area contributed by atoms with Crippen LogP contribution in [0.4, 0.5) is 16.3 Å². The average molecular weight is 402 g/mol. The number of carboxylic acid groups (broad SMARTS) is 1. The summed E-state index contributed by atoms with van der Waals surface area (Å²) in [6.45, 7) is 4.18. The van der Waals surface area contributed by atoms with Crippen LogP contribution in [0.5, 0.6) is 0 Å². The molecule has 8 nitrogen and oxygen atoms in total. The zero-order chi connectivity index (χ0) is 20.6. The Hall–Kier alpha value is -2.35. The Bertz CT molecular complexity index is 793. The smallest absolute Gasteiger partial charge is 0.409 e. The lowest BCUT2D eigenvalue weighted by molar-refractivity contribution is -0.139. The highest BCUT2D eigenvalue weighted by Gasteiger charge is 2.50. The van der Waals surface area contributed by atoms with Crippen LogP contribution in [-0.2, 0) is 4.79 Å². The number of anilines is 2. The number of likely N-dealkylation sites (tertiary alicyclic amines) is 1. The van der Waals surface area contributed by atoms with Gasteiger partial charge in [0, 0.05) is 25.7 Å². The van der Waals surface area contributed by atoms with Crippen molar-refractivity contribution in [1.29, 1.82) is 0 Å². The first-order valence-electron chi connectivity index (χ1n) is 10.6. The van der Waals surface area contributed by atoms with E-state index in [-0.39, 0.29) is 23.5 Å². The van der Waals surface area contributed by atoms with Crippen LogP contribution in [0.2, 0.25) is 0 Å². The van der Waals surface area contributed by atoms with Gasteiger partial charge in [-0.05, 0) is 63.5 Å². The molecule has 1 spiro atoms. The van der Waals surface area contributed by atoms with E-state index in [1.807, 2.05) is 13.0 Å². The summed E-state index contributed by atoms with van der Waals surface area (Å²) in [4.78, 5) is 33.0. The third-order valence-corrected chi connectivity index (χ3v) is 6.89. The Kier molecular flexibility index (Phi) is 5.38. The first-order chi connectivity index (χ1) is 13.9. The van der Waals surface area contributed by atoms with Crippen LogP contribution in [-0.4, -0.2) is 63.9 Å². The van der Waals surface area contributed by atoms with Crippen molar-refractivity contribution in [3.8, 4) is 0 Å². The van der Waals surface area contributed by atoms with Crippen LogP contribution in [0.25, 0.3) is 0 Å². The SMILES string of the molecule is Cc1cc(N2CCC[C@]3(CCN([C@H]4CC[C@H](O)CC4)C3=O)C2)ncc1NC(=O)O. The highest BCUT2D eigenvalue weighted by molar-refractivity contribution is 5.86. The summed E-state index contributed by atoms with van der Waals surface area (Å²) >= 11 is 0. The highest BCUT2D eigenvalue weighted by atomic mass is 16.4. The maximum atomic E-state index is 13.4. The number of nitrogens with zero attached hydrogens (tertiary/aromatic N) is 3. The number of aromatic nitrogens is 1. The van der Waals surface area contributed by atoms with Gasteiger partial charge in [-0.3, -0.25) is 10.1 Å². The van der Waals surface area contributed by atoms with Crippen LogP contribution >= 0.6 is 0 Å². The van der Waals surface area contributed by atoms with Crippen molar-refractivity contribution in [2.24, 2.45) is 5.41 Å². The van der Waals surface area contributed by atoms with Crippen LogP contribution < -0.4 is 10.2 Å². The summed E-state index contributed by atoms with van der Waals surface area (Å²) in [5.41, 5.74) is 0.953. The lowest BCUT2D eigenvalue weighted by Crippen LogP contribution is -2.50. The highest BCUT2D eigenvalue weighted by Crippen LogP contribution is 2.43. The van der Waals surface area contributed by atoms with E-state index in [2.05, 4.69) is 20.1 Å². The number of aliphatic hydroxyl groups is 1. The molecule has 1 aromatic heterocycles. The number of hydrogen-bond acceptors (Lipinski definition) is 5. The van der Waals surface area contributed by atoms with Gasteiger partial charge in [-0.15, -0.1) is 0 Å². The molecule has 3 heterocycles. The number of aryl methyl sites for hydroxylation is 1. The zero-order valence-corrected chi connectivity index (χ0v) is 16.9. The summed E-state index contributed by atoms with van der Waals surface area (Å²) in [5.74, 6) is 1.06. The van der Waals surface area contributed by atoms with Crippen molar-refractivity contribution in [1.82, 2.24) is 9.88 Å². The lowest BCUT2D eigenvalue weighted by Gasteiger charge is -2.41. The Morgan fingerprint density at radius 1 is 1.24 bits per heavy atom. The summed E-state index contributed by atoms with van der Waals surface area (Å²) in [6, 6.07) is 2.16. The number of piperidine rings is 1. The van der Waals surface area contributed by atoms with E-state index in [9.17, 15) is 14.7 Å². The molecule has 1 aromatic rings. The molecule has 0 unspecified atom stereocenters. The first-order valence-corrected chi connectivity index (χ1v) is 10.6. The van der Waals surface area contributed by atoms with Gasteiger partial charge in [-0.25, -0.2) is 9.78 Å². The van der Waals surface area contributed by atoms with Gasteiger partial charge in [-0.1, -0.05) is 0 Å². The number of nitrogens with one attached hydrogen (secondary N) is 1. The van der Waals surface area contributed by atoms with Crippen molar-refractivity contribution >= 4 is 23.5 Å². The quantitative estimate of drug-likeness (QED) is 0.718. The molecule has 2 amide bonds. The van der Waals surface area contributed by atoms with Crippen LogP contribution in [0.3, 0.4) is 0 Å². The fourth-order valence-electron chi connectivity index (χ4n) is 5.23. The van der Waals surface area contributed by atoms with E-state index in [0.717, 1.165) is 69.4 Å². The Morgan fingerprint density at radius 2 is 2.00 bits per heavy atom. The van der Waals surface area contributed by atoms with Crippen molar-refractivity contribution in [2.75, 3.05) is 29.9 Å². The molecule has 3 fully saturated rings. The van der Waals surface area contributed by atoms with Gasteiger partial charge in [0.1, 0.15) is 5.82 Å². The monoisotopic (exact) mass is 402 g/mol. The molecular formula is C21H30N4O4. The van der Waals surface area contributed by atoms with Gasteiger partial charge >= 0.3 is 6.09 Å². The van der Waals surface area contributed by atoms with Crippen molar-refractivity contribution in [3.05, 3.63) is 17.8 Å². The molecule has 0 radical (unpaired) electrons. The second kappa shape index (κ2) is 7.82. The Labute approximate surface area is 170 Å². The van der Waals surface area contributed by atoms with Gasteiger partial charge in [0.15, 0.2) is 0 Å². The van der Waals surface area contributed by atoms with E-state index < -0.39 is 6.09 Å². The largest absolute Gasteiger partial charge is 0.465 e. The molecule has 3 aliphatic rings. The van der Waals surface area contributed by atoms with Crippen molar-refractivity contribution in [2.45, 2.75) is 64.0 Å². The molecule has 1 atom stereocenters. The van der Waals surface area contributed by atoms with Gasteiger partial charge in [0.2, 0.25) is 5.91 Å². The number of amides is 2. The Morgan fingerprint density at radius 3 is 2.69 bits per heavy atom. The zero-order valence-electron chi connectivity index (χ0n) is 16.9. The molecule has 8 heteroatoms. The first kappa shape index (κ1) is 19.9. The minimum Gasteiger partial charge on any atom is -0.465 e. The topological polar surface area (TPSA) is 106 Å². The lowest BCUT2D eigenvalue weighted by atomic mass is 9.78. The number of pyridine rings is 1. The molecule has 2 saturated heterocycles. The van der Waals surface area contributed by atoms with Crippen LogP contribution in [0.1, 0.15) is 50.5 Å². The van der Waals surface area contributed by atoms with Gasteiger partial charge in [0.25, 0.3) is 0 Å². The van der Waals surface area contributed by atoms with Gasteiger partial charge < -0.3 is 20.0 Å². The molecule has 158 valence electrons. The normalized spacial score (nSPS) is 30.1. The molecule has 3 N–H and O–H groups in total. The summed E-state index contributed by atoms with van der Waals surface area (Å²) in [7, 11) is 0. The third kappa shape index (κ3) is 3.90. The average Bonchev–Trinajstić information content (AvgIpc) is 3.00.